The van der Waals surface area contributed by atoms with Crippen molar-refractivity contribution in [3.63, 3.8) is 0 Å². The van der Waals surface area contributed by atoms with Crippen molar-refractivity contribution >= 4 is 12.2 Å². The predicted octanol–water partition coefficient (Wildman–Crippen LogP) is 2.58. The summed E-state index contributed by atoms with van der Waals surface area (Å²) >= 11 is 0. The molecule has 1 fully saturated rings. The Bertz CT molecular complexity index is 518. The van der Waals surface area contributed by atoms with Gasteiger partial charge >= 0.3 is 5.97 Å². The van der Waals surface area contributed by atoms with Gasteiger partial charge in [0.05, 0.1) is 13.3 Å². The van der Waals surface area contributed by atoms with Crippen molar-refractivity contribution in [2.75, 3.05) is 13.7 Å². The van der Waals surface area contributed by atoms with Crippen LogP contribution in [0.4, 0.5) is 4.39 Å². The third-order valence-electron chi connectivity index (χ3n) is 3.67. The van der Waals surface area contributed by atoms with E-state index in [4.69, 9.17) is 4.74 Å². The van der Waals surface area contributed by atoms with Crippen LogP contribution in [0.3, 0.4) is 0 Å². The summed E-state index contributed by atoms with van der Waals surface area (Å²) in [4.78, 5) is 12.0. The van der Waals surface area contributed by atoms with Gasteiger partial charge < -0.3 is 4.74 Å². The highest BCUT2D eigenvalue weighted by molar-refractivity contribution is 5.82. The van der Waals surface area contributed by atoms with Gasteiger partial charge in [-0.15, -0.1) is 0 Å². The van der Waals surface area contributed by atoms with E-state index in [0.29, 0.717) is 18.5 Å². The minimum atomic E-state index is -0.739. The van der Waals surface area contributed by atoms with Gasteiger partial charge in [0.15, 0.2) is 5.54 Å². The van der Waals surface area contributed by atoms with Crippen molar-refractivity contribution in [3.8, 4) is 0 Å². The Balaban J connectivity index is 2.19. The van der Waals surface area contributed by atoms with E-state index in [9.17, 15) is 9.18 Å². The van der Waals surface area contributed by atoms with Crippen LogP contribution in [-0.2, 0) is 9.53 Å². The maximum absolute atomic E-state index is 13.1. The van der Waals surface area contributed by atoms with Crippen molar-refractivity contribution in [2.45, 2.75) is 31.7 Å². The summed E-state index contributed by atoms with van der Waals surface area (Å²) in [6, 6.07) is 6.19. The van der Waals surface area contributed by atoms with Crippen molar-refractivity contribution in [1.29, 1.82) is 0 Å². The van der Waals surface area contributed by atoms with Gasteiger partial charge in [-0.25, -0.2) is 9.18 Å². The topological polar surface area (TPSA) is 41.9 Å². The molecule has 1 aromatic carbocycles. The number of ether oxygens (including phenoxy) is 1. The normalized spacial score (nSPS) is 23.1. The van der Waals surface area contributed by atoms with E-state index in [1.54, 1.807) is 23.4 Å². The lowest BCUT2D eigenvalue weighted by Gasteiger charge is -2.40. The zero-order chi connectivity index (χ0) is 14.6. The second kappa shape index (κ2) is 6.03. The largest absolute Gasteiger partial charge is 0.467 e. The number of hydrogen-bond donors (Lipinski definition) is 0. The maximum atomic E-state index is 13.1. The third-order valence-corrected chi connectivity index (χ3v) is 3.67. The van der Waals surface area contributed by atoms with Crippen LogP contribution in [-0.4, -0.2) is 36.4 Å². The summed E-state index contributed by atoms with van der Waals surface area (Å²) in [5.74, 6) is -0.586. The van der Waals surface area contributed by atoms with E-state index in [1.165, 1.54) is 19.2 Å². The number of carbonyl (C=O) groups excluding carboxylic acids is 1. The Labute approximate surface area is 118 Å². The van der Waals surface area contributed by atoms with E-state index in [1.807, 2.05) is 6.92 Å². The molecule has 0 aromatic heterocycles. The fourth-order valence-electron chi connectivity index (χ4n) is 2.44. The monoisotopic (exact) mass is 278 g/mol. The average molecular weight is 278 g/mol. The Morgan fingerprint density at radius 3 is 3.00 bits per heavy atom. The highest BCUT2D eigenvalue weighted by Gasteiger charge is 2.42. The Hall–Kier alpha value is -1.91. The van der Waals surface area contributed by atoms with Gasteiger partial charge in [0.1, 0.15) is 5.82 Å². The molecule has 1 heterocycles. The molecule has 0 aliphatic carbocycles. The predicted molar refractivity (Wildman–Crippen MR) is 75.0 cm³/mol. The number of esters is 1. The van der Waals surface area contributed by atoms with Gasteiger partial charge in [-0.3, -0.25) is 5.01 Å². The first-order valence-electron chi connectivity index (χ1n) is 6.72. The van der Waals surface area contributed by atoms with E-state index < -0.39 is 5.54 Å². The fraction of sp³-hybridized carbons (Fsp3) is 0.467. The molecule has 1 aliphatic heterocycles. The number of nitrogens with zero attached hydrogens (tertiary/aromatic N) is 2. The van der Waals surface area contributed by atoms with Gasteiger partial charge in [-0.2, -0.15) is 5.10 Å². The minimum absolute atomic E-state index is 0.284. The summed E-state index contributed by atoms with van der Waals surface area (Å²) < 4.78 is 18.0. The number of methoxy groups -OCH3 is 1. The number of carbonyl (C=O) groups is 1. The lowest BCUT2D eigenvalue weighted by molar-refractivity contribution is -0.156. The highest BCUT2D eigenvalue weighted by atomic mass is 19.1. The number of rotatable bonds is 3. The first-order valence-corrected chi connectivity index (χ1v) is 6.72. The fourth-order valence-corrected chi connectivity index (χ4v) is 2.44. The van der Waals surface area contributed by atoms with Crippen molar-refractivity contribution in [2.24, 2.45) is 5.10 Å². The molecule has 0 radical (unpaired) electrons. The van der Waals surface area contributed by atoms with E-state index >= 15 is 0 Å². The first kappa shape index (κ1) is 14.5. The maximum Gasteiger partial charge on any atom is 0.333 e. The molecule has 1 saturated heterocycles. The number of halogens is 1. The van der Waals surface area contributed by atoms with Crippen LogP contribution < -0.4 is 0 Å². The Morgan fingerprint density at radius 2 is 2.30 bits per heavy atom. The van der Waals surface area contributed by atoms with Crippen molar-refractivity contribution in [1.82, 2.24) is 5.01 Å². The van der Waals surface area contributed by atoms with Crippen LogP contribution >= 0.6 is 0 Å². The summed E-state index contributed by atoms with van der Waals surface area (Å²) in [5.41, 5.74) is -0.0700. The molecule has 2 rings (SSSR count). The molecule has 1 aromatic rings. The van der Waals surface area contributed by atoms with Crippen LogP contribution in [0.1, 0.15) is 31.7 Å². The molecule has 4 nitrogen and oxygen atoms in total. The molecule has 0 N–H and O–H groups in total. The lowest BCUT2D eigenvalue weighted by atomic mass is 9.90. The SMILES string of the molecule is COC(=O)C1(C)CCCCN1N=Cc1cccc(F)c1. The summed E-state index contributed by atoms with van der Waals surface area (Å²) in [6.07, 6.45) is 4.24. The van der Waals surface area contributed by atoms with Gasteiger partial charge in [0.2, 0.25) is 0 Å². The van der Waals surface area contributed by atoms with Gasteiger partial charge in [0.25, 0.3) is 0 Å². The number of piperidine rings is 1. The molecule has 1 atom stereocenters. The summed E-state index contributed by atoms with van der Waals surface area (Å²) in [5, 5.41) is 6.10. The quantitative estimate of drug-likeness (QED) is 0.630. The Morgan fingerprint density at radius 1 is 1.50 bits per heavy atom. The van der Waals surface area contributed by atoms with Crippen molar-refractivity contribution < 1.29 is 13.9 Å². The van der Waals surface area contributed by atoms with Crippen LogP contribution in [0.5, 0.6) is 0 Å². The summed E-state index contributed by atoms with van der Waals surface area (Å²) in [6.45, 7) is 2.53. The zero-order valence-corrected chi connectivity index (χ0v) is 11.8. The molecule has 1 aliphatic rings. The lowest BCUT2D eigenvalue weighted by Crippen LogP contribution is -2.53. The number of hydrazone groups is 1. The standard InChI is InChI=1S/C15H19FN2O2/c1-15(14(19)20-2)8-3-4-9-18(15)17-11-12-6-5-7-13(16)10-12/h5-7,10-11H,3-4,8-9H2,1-2H3. The molecular formula is C15H19FN2O2. The molecule has 1 unspecified atom stereocenters. The van der Waals surface area contributed by atoms with Gasteiger partial charge in [0, 0.05) is 6.54 Å². The van der Waals surface area contributed by atoms with Crippen LogP contribution in [0, 0.1) is 5.82 Å². The smallest absolute Gasteiger partial charge is 0.333 e. The minimum Gasteiger partial charge on any atom is -0.467 e. The van der Waals surface area contributed by atoms with Crippen molar-refractivity contribution in [3.05, 3.63) is 35.6 Å². The van der Waals surface area contributed by atoms with E-state index in [2.05, 4.69) is 5.10 Å². The molecule has 0 amide bonds. The number of benzene rings is 1. The molecule has 108 valence electrons. The molecule has 0 bridgehead atoms. The second-order valence-electron chi connectivity index (χ2n) is 5.15. The molecule has 0 spiro atoms. The van der Waals surface area contributed by atoms with Crippen LogP contribution in [0.15, 0.2) is 29.4 Å². The zero-order valence-electron chi connectivity index (χ0n) is 11.8. The van der Waals surface area contributed by atoms with Crippen LogP contribution in [0.25, 0.3) is 0 Å². The van der Waals surface area contributed by atoms with Crippen LogP contribution in [0.2, 0.25) is 0 Å². The van der Waals surface area contributed by atoms with Gasteiger partial charge in [-0.1, -0.05) is 12.1 Å². The molecule has 20 heavy (non-hydrogen) atoms. The number of hydrogen-bond acceptors (Lipinski definition) is 4. The van der Waals surface area contributed by atoms with Gasteiger partial charge in [-0.05, 0) is 43.9 Å². The Kier molecular flexibility index (Phi) is 4.37. The molecule has 0 saturated carbocycles. The third kappa shape index (κ3) is 2.98. The van der Waals surface area contributed by atoms with E-state index in [-0.39, 0.29) is 11.8 Å². The molecule has 5 heteroatoms. The second-order valence-corrected chi connectivity index (χ2v) is 5.15. The average Bonchev–Trinajstić information content (AvgIpc) is 2.45. The van der Waals surface area contributed by atoms with E-state index in [0.717, 1.165) is 12.8 Å². The highest BCUT2D eigenvalue weighted by Crippen LogP contribution is 2.29. The first-order chi connectivity index (χ1) is 9.56. The molecular weight excluding hydrogens is 259 g/mol. The summed E-state index contributed by atoms with van der Waals surface area (Å²) in [7, 11) is 1.39.